The number of nitrogens with zero attached hydrogens (tertiary/aromatic N) is 6. The van der Waals surface area contributed by atoms with Crippen molar-refractivity contribution in [3.63, 3.8) is 0 Å². The van der Waals surface area contributed by atoms with Crippen molar-refractivity contribution < 1.29 is 22.7 Å². The fourth-order valence-electron chi connectivity index (χ4n) is 4.12. The molecule has 0 unspecified atom stereocenters. The smallest absolute Gasteiger partial charge is 0.409 e. The molecule has 4 aromatic rings. The van der Waals surface area contributed by atoms with E-state index in [0.29, 0.717) is 37.4 Å². The highest BCUT2D eigenvalue weighted by Crippen LogP contribution is 2.34. The van der Waals surface area contributed by atoms with Gasteiger partial charge in [0.2, 0.25) is 5.95 Å². The first-order valence-corrected chi connectivity index (χ1v) is 11.3. The number of hydrogen-bond acceptors (Lipinski definition) is 7. The van der Waals surface area contributed by atoms with Crippen LogP contribution >= 0.6 is 0 Å². The van der Waals surface area contributed by atoms with Crippen molar-refractivity contribution in [2.75, 3.05) is 43.4 Å². The number of piperazine rings is 1. The average molecular weight is 497 g/mol. The Morgan fingerprint density at radius 1 is 1.03 bits per heavy atom. The third kappa shape index (κ3) is 4.25. The average Bonchev–Trinajstić information content (AvgIpc) is 3.21. The number of hydrogen-bond donors (Lipinski definition) is 1. The summed E-state index contributed by atoms with van der Waals surface area (Å²) >= 11 is 0. The summed E-state index contributed by atoms with van der Waals surface area (Å²) in [4.78, 5) is 24.7. The molecule has 9 nitrogen and oxygen atoms in total. The summed E-state index contributed by atoms with van der Waals surface area (Å²) in [7, 11) is 0. The lowest BCUT2D eigenvalue weighted by atomic mass is 10.1. The van der Waals surface area contributed by atoms with Gasteiger partial charge in [-0.2, -0.15) is 4.98 Å². The topological polar surface area (TPSA) is 102 Å². The van der Waals surface area contributed by atoms with Crippen LogP contribution in [0.5, 0.6) is 0 Å². The summed E-state index contributed by atoms with van der Waals surface area (Å²) < 4.78 is 48.7. The van der Waals surface area contributed by atoms with Gasteiger partial charge in [-0.25, -0.2) is 27.6 Å². The molecule has 3 heterocycles. The molecule has 0 spiro atoms. The predicted molar refractivity (Wildman–Crippen MR) is 127 cm³/mol. The minimum absolute atomic E-state index is 0.0209. The first-order valence-electron chi connectivity index (χ1n) is 11.3. The van der Waals surface area contributed by atoms with Crippen LogP contribution in [0.25, 0.3) is 28.0 Å². The Labute approximate surface area is 203 Å². The first-order chi connectivity index (χ1) is 17.4. The number of anilines is 2. The molecule has 5 rings (SSSR count). The van der Waals surface area contributed by atoms with Gasteiger partial charge in [0, 0.05) is 37.8 Å². The van der Waals surface area contributed by atoms with E-state index in [4.69, 9.17) is 10.5 Å². The highest BCUT2D eigenvalue weighted by molar-refractivity contribution is 5.99. The van der Waals surface area contributed by atoms with Crippen molar-refractivity contribution in [2.24, 2.45) is 0 Å². The van der Waals surface area contributed by atoms with E-state index >= 15 is 0 Å². The van der Waals surface area contributed by atoms with Gasteiger partial charge in [0.05, 0.1) is 17.7 Å². The molecule has 0 aliphatic carbocycles. The summed E-state index contributed by atoms with van der Waals surface area (Å²) in [5.74, 6) is -1.61. The number of fused-ring (bicyclic) bond motifs is 1. The van der Waals surface area contributed by atoms with E-state index in [-0.39, 0.29) is 35.1 Å². The zero-order valence-electron chi connectivity index (χ0n) is 19.3. The molecule has 0 saturated carbocycles. The fourth-order valence-corrected chi connectivity index (χ4v) is 4.12. The van der Waals surface area contributed by atoms with E-state index in [9.17, 15) is 18.0 Å². The van der Waals surface area contributed by atoms with Crippen LogP contribution in [0.4, 0.5) is 29.7 Å². The summed E-state index contributed by atoms with van der Waals surface area (Å²) in [6.45, 7) is 3.64. The highest BCUT2D eigenvalue weighted by Gasteiger charge is 2.26. The van der Waals surface area contributed by atoms with Crippen molar-refractivity contribution in [3.05, 3.63) is 59.9 Å². The molecule has 2 N–H and O–H groups in total. The summed E-state index contributed by atoms with van der Waals surface area (Å²) in [5.41, 5.74) is 6.99. The van der Waals surface area contributed by atoms with Crippen LogP contribution in [0, 0.1) is 17.5 Å². The number of ether oxygens (including phenoxy) is 1. The Balaban J connectivity index is 1.62. The molecule has 0 radical (unpaired) electrons. The van der Waals surface area contributed by atoms with Crippen LogP contribution < -0.4 is 10.6 Å². The van der Waals surface area contributed by atoms with Crippen LogP contribution in [0.15, 0.2) is 42.5 Å². The van der Waals surface area contributed by atoms with Crippen molar-refractivity contribution in [3.8, 4) is 16.9 Å². The zero-order valence-corrected chi connectivity index (χ0v) is 19.3. The van der Waals surface area contributed by atoms with E-state index in [2.05, 4.69) is 15.1 Å². The van der Waals surface area contributed by atoms with Gasteiger partial charge in [-0.05, 0) is 31.2 Å². The maximum absolute atomic E-state index is 14.5. The van der Waals surface area contributed by atoms with Gasteiger partial charge in [-0.15, -0.1) is 5.10 Å². The Morgan fingerprint density at radius 3 is 2.50 bits per heavy atom. The normalized spacial score (nSPS) is 13.9. The molecule has 0 bridgehead atoms. The van der Waals surface area contributed by atoms with Crippen molar-refractivity contribution in [1.29, 1.82) is 0 Å². The van der Waals surface area contributed by atoms with Crippen LogP contribution in [-0.2, 0) is 4.74 Å². The monoisotopic (exact) mass is 497 g/mol. The maximum Gasteiger partial charge on any atom is 0.409 e. The summed E-state index contributed by atoms with van der Waals surface area (Å²) in [6.07, 6.45) is -0.391. The van der Waals surface area contributed by atoms with Crippen LogP contribution in [0.3, 0.4) is 0 Å². The molecule has 186 valence electrons. The first kappa shape index (κ1) is 23.4. The zero-order chi connectivity index (χ0) is 25.4. The van der Waals surface area contributed by atoms with E-state index in [1.54, 1.807) is 17.9 Å². The van der Waals surface area contributed by atoms with E-state index in [1.165, 1.54) is 18.2 Å². The number of carbonyl (C=O) groups is 1. The second-order valence-corrected chi connectivity index (χ2v) is 8.15. The number of carbonyl (C=O) groups excluding carboxylic acids is 1. The van der Waals surface area contributed by atoms with Gasteiger partial charge in [0.15, 0.2) is 5.65 Å². The van der Waals surface area contributed by atoms with Crippen LogP contribution in [0.1, 0.15) is 6.92 Å². The molecule has 2 aromatic carbocycles. The molecule has 1 aliphatic heterocycles. The molecule has 1 aliphatic rings. The van der Waals surface area contributed by atoms with Crippen molar-refractivity contribution >= 4 is 28.9 Å². The minimum atomic E-state index is -0.730. The molecule has 1 saturated heterocycles. The summed E-state index contributed by atoms with van der Waals surface area (Å²) in [6, 6.07) is 8.73. The number of aromatic nitrogens is 4. The third-order valence-electron chi connectivity index (χ3n) is 5.88. The lowest BCUT2D eigenvalue weighted by Crippen LogP contribution is -2.49. The number of amides is 1. The lowest BCUT2D eigenvalue weighted by Gasteiger charge is -2.34. The molecular weight excluding hydrogens is 475 g/mol. The predicted octanol–water partition coefficient (Wildman–Crippen LogP) is 3.76. The number of rotatable bonds is 4. The van der Waals surface area contributed by atoms with Gasteiger partial charge in [0.25, 0.3) is 0 Å². The van der Waals surface area contributed by atoms with Gasteiger partial charge < -0.3 is 20.3 Å². The number of nitrogens with two attached hydrogens (primary N) is 1. The Morgan fingerprint density at radius 2 is 1.78 bits per heavy atom. The van der Waals surface area contributed by atoms with Crippen LogP contribution in [0.2, 0.25) is 0 Å². The van der Waals surface area contributed by atoms with Gasteiger partial charge in [-0.1, -0.05) is 12.1 Å². The van der Waals surface area contributed by atoms with E-state index in [1.807, 2.05) is 4.90 Å². The molecule has 1 fully saturated rings. The Hall–Kier alpha value is -4.35. The summed E-state index contributed by atoms with van der Waals surface area (Å²) in [5, 5.41) is 4.62. The van der Waals surface area contributed by atoms with E-state index in [0.717, 1.165) is 22.9 Å². The Kier molecular flexibility index (Phi) is 6.08. The van der Waals surface area contributed by atoms with Gasteiger partial charge >= 0.3 is 6.09 Å². The Bertz CT molecular complexity index is 1450. The maximum atomic E-state index is 14.5. The van der Waals surface area contributed by atoms with Crippen molar-refractivity contribution in [2.45, 2.75) is 6.92 Å². The molecule has 1 amide bonds. The molecular formula is C24H22F3N7O2. The lowest BCUT2D eigenvalue weighted by molar-refractivity contribution is 0.105. The fraction of sp³-hybridized carbons (Fsp3) is 0.250. The molecule has 2 aromatic heterocycles. The van der Waals surface area contributed by atoms with Gasteiger partial charge in [-0.3, -0.25) is 0 Å². The quantitative estimate of drug-likeness (QED) is 0.458. The number of halogens is 3. The molecule has 36 heavy (non-hydrogen) atoms. The van der Waals surface area contributed by atoms with E-state index < -0.39 is 23.5 Å². The largest absolute Gasteiger partial charge is 0.450 e. The van der Waals surface area contributed by atoms with Crippen LogP contribution in [-0.4, -0.2) is 63.5 Å². The third-order valence-corrected chi connectivity index (χ3v) is 5.88. The van der Waals surface area contributed by atoms with Crippen molar-refractivity contribution in [1.82, 2.24) is 24.6 Å². The second kappa shape index (κ2) is 9.36. The SMILES string of the molecule is CCOC(=O)N1CCN(c2nc(-c3cccc(F)c3)c3c(N)n(-c4cc(F)ccc4F)nc3n2)CC1. The van der Waals surface area contributed by atoms with Gasteiger partial charge in [0.1, 0.15) is 29.0 Å². The highest BCUT2D eigenvalue weighted by atomic mass is 19.1. The number of benzene rings is 2. The molecule has 12 heteroatoms. The minimum Gasteiger partial charge on any atom is -0.450 e. The standard InChI is InChI=1S/C24H22F3N7O2/c1-2-36-24(35)33-10-8-32(9-11-33)23-29-20(14-4-3-5-15(25)12-14)19-21(28)34(31-22(19)30-23)18-13-16(26)6-7-17(18)27/h3-7,12-13H,2,8-11,28H2,1H3. The number of nitrogen functional groups attached to an aromatic ring is 1. The molecule has 0 atom stereocenters. The second-order valence-electron chi connectivity index (χ2n) is 8.15.